The Balaban J connectivity index is 1.23. The van der Waals surface area contributed by atoms with Gasteiger partial charge in [-0.1, -0.05) is 73.6 Å². The maximum atomic E-state index is 13.8. The lowest BCUT2D eigenvalue weighted by Gasteiger charge is -2.52. The maximum absolute atomic E-state index is 13.8. The largest absolute Gasteiger partial charge is 0.491 e. The van der Waals surface area contributed by atoms with Gasteiger partial charge in [-0.25, -0.2) is 0 Å². The van der Waals surface area contributed by atoms with Crippen LogP contribution in [0, 0.1) is 23.2 Å². The molecule has 9 heteroatoms. The zero-order valence-electron chi connectivity index (χ0n) is 32.5. The molecular formula is C44H62ClN3O4S. The van der Waals surface area contributed by atoms with Crippen LogP contribution in [0.5, 0.6) is 5.75 Å². The fourth-order valence-electron chi connectivity index (χ4n) is 9.81. The number of ether oxygens (including phenoxy) is 3. The normalized spacial score (nSPS) is 32.8. The topological polar surface area (TPSA) is 63.3 Å². The lowest BCUT2D eigenvalue weighted by molar-refractivity contribution is -0.101. The van der Waals surface area contributed by atoms with Gasteiger partial charge in [0.1, 0.15) is 11.4 Å². The first-order chi connectivity index (χ1) is 25.6. The third kappa shape index (κ3) is 8.42. The number of carbonyl (C=O) groups is 1. The molecule has 0 aromatic heterocycles. The third-order valence-electron chi connectivity index (χ3n) is 13.7. The number of benzene rings is 2. The summed E-state index contributed by atoms with van der Waals surface area (Å²) in [4.78, 5) is 19.0. The molecule has 2 aromatic carbocycles. The Hall–Kier alpha value is -2.36. The molecule has 7 unspecified atom stereocenters. The quantitative estimate of drug-likeness (QED) is 0.234. The minimum Gasteiger partial charge on any atom is -0.491 e. The average Bonchev–Trinajstić information content (AvgIpc) is 3.33. The first-order valence-electron chi connectivity index (χ1n) is 20.3. The summed E-state index contributed by atoms with van der Waals surface area (Å²) in [5.41, 5.74) is 4.35. The van der Waals surface area contributed by atoms with Crippen LogP contribution in [0.2, 0.25) is 5.02 Å². The Bertz CT molecular complexity index is 1650. The molecule has 7 nitrogen and oxygen atoms in total. The van der Waals surface area contributed by atoms with Gasteiger partial charge >= 0.3 is 0 Å². The monoisotopic (exact) mass is 763 g/mol. The van der Waals surface area contributed by atoms with Crippen molar-refractivity contribution in [3.8, 4) is 5.75 Å². The Morgan fingerprint density at radius 1 is 1.06 bits per heavy atom. The molecule has 3 fully saturated rings. The minimum absolute atomic E-state index is 0.0690. The van der Waals surface area contributed by atoms with Crippen molar-refractivity contribution in [2.24, 2.45) is 23.2 Å². The number of allylic oxidation sites excluding steroid dienone is 1. The van der Waals surface area contributed by atoms with E-state index in [1.165, 1.54) is 36.8 Å². The van der Waals surface area contributed by atoms with Crippen molar-refractivity contribution in [2.45, 2.75) is 95.3 Å². The van der Waals surface area contributed by atoms with E-state index < -0.39 is 10.7 Å². The van der Waals surface area contributed by atoms with Gasteiger partial charge in [0.15, 0.2) is 0 Å². The molecule has 7 rings (SSSR count). The number of aryl methyl sites for hydroxylation is 1. The van der Waals surface area contributed by atoms with Crippen LogP contribution in [0.1, 0.15) is 99.5 Å². The standard InChI is InChI=1S/C44H62ClN3O4S/c1-6-8-33-25-37(45)12-13-38(33)36-28-48-27-35-10-14-39(35)44(50-4,30-47-21-17-43(18-22-47)19-23-51-24-20-43)16-7-9-31(2)32(3)53(5)46-42(49)34-11-15-41(52-29-36)40(48)26-34/h7,11-13,15-16,25-26,31-32,35-36,39H,5-6,8-10,14,17-24,27-30H2,1-4H3,(H,46,49)/b16-7+. The second kappa shape index (κ2) is 16.8. The van der Waals surface area contributed by atoms with E-state index in [9.17, 15) is 4.79 Å². The van der Waals surface area contributed by atoms with E-state index in [0.29, 0.717) is 35.3 Å². The predicted octanol–water partition coefficient (Wildman–Crippen LogP) is 8.91. The van der Waals surface area contributed by atoms with Crippen LogP contribution >= 0.6 is 22.3 Å². The van der Waals surface area contributed by atoms with Gasteiger partial charge in [0, 0.05) is 61.7 Å². The zero-order chi connectivity index (χ0) is 37.2. The van der Waals surface area contributed by atoms with Crippen molar-refractivity contribution in [1.29, 1.82) is 0 Å². The van der Waals surface area contributed by atoms with E-state index in [4.69, 9.17) is 25.8 Å². The number of methoxy groups -OCH3 is 1. The molecule has 4 heterocycles. The molecule has 5 aliphatic rings. The lowest BCUT2D eigenvalue weighted by atomic mass is 9.63. The Labute approximate surface area is 326 Å². The summed E-state index contributed by atoms with van der Waals surface area (Å²) in [6, 6.07) is 12.4. The van der Waals surface area contributed by atoms with Gasteiger partial charge < -0.3 is 28.7 Å². The number of fused-ring (bicyclic) bond motifs is 2. The number of hydrogen-bond acceptors (Lipinski definition) is 6. The smallest absolute Gasteiger partial charge is 0.260 e. The summed E-state index contributed by atoms with van der Waals surface area (Å²) < 4.78 is 22.5. The Morgan fingerprint density at radius 2 is 1.85 bits per heavy atom. The number of amides is 1. The van der Waals surface area contributed by atoms with Gasteiger partial charge in [0.25, 0.3) is 5.91 Å². The number of rotatable bonds is 6. The van der Waals surface area contributed by atoms with Crippen LogP contribution in [0.3, 0.4) is 0 Å². The number of likely N-dealkylation sites (tertiary alicyclic amines) is 1. The predicted molar refractivity (Wildman–Crippen MR) is 221 cm³/mol. The number of hydrogen-bond donors (Lipinski definition) is 1. The number of anilines is 1. The highest BCUT2D eigenvalue weighted by atomic mass is 35.5. The van der Waals surface area contributed by atoms with Crippen molar-refractivity contribution in [1.82, 2.24) is 9.62 Å². The molecule has 0 radical (unpaired) electrons. The molecule has 2 aromatic rings. The van der Waals surface area contributed by atoms with Gasteiger partial charge in [-0.05, 0) is 129 Å². The minimum atomic E-state index is -0.541. The highest BCUT2D eigenvalue weighted by Gasteiger charge is 2.49. The fourth-order valence-corrected chi connectivity index (χ4v) is 11.2. The Kier molecular flexibility index (Phi) is 12.3. The van der Waals surface area contributed by atoms with Crippen molar-refractivity contribution >= 4 is 39.7 Å². The first-order valence-corrected chi connectivity index (χ1v) is 22.1. The van der Waals surface area contributed by atoms with Crippen LogP contribution in [0.4, 0.5) is 5.69 Å². The van der Waals surface area contributed by atoms with Crippen LogP contribution in [-0.4, -0.2) is 87.2 Å². The molecule has 290 valence electrons. The van der Waals surface area contributed by atoms with Gasteiger partial charge in [-0.3, -0.25) is 4.79 Å². The lowest BCUT2D eigenvalue weighted by Crippen LogP contribution is -2.57. The van der Waals surface area contributed by atoms with E-state index in [0.717, 1.165) is 94.5 Å². The summed E-state index contributed by atoms with van der Waals surface area (Å²) in [5.74, 6) is 6.56. The molecule has 1 saturated carbocycles. The van der Waals surface area contributed by atoms with Crippen molar-refractivity contribution in [3.05, 3.63) is 70.3 Å². The number of carbonyl (C=O) groups excluding carboxylic acids is 1. The molecule has 1 N–H and O–H groups in total. The van der Waals surface area contributed by atoms with E-state index in [1.54, 1.807) is 0 Å². The number of halogens is 1. The number of piperidine rings is 1. The molecule has 2 saturated heterocycles. The SMILES string of the molecule is C=S1NC(=O)c2ccc3c(c2)N(CC(c2ccc(Cl)cc2CCC)CO3)CC2CCC2C(CN2CCC3(CCOCC3)CC2)(OC)/C=C/CC(C)C1C. The highest BCUT2D eigenvalue weighted by molar-refractivity contribution is 8.13. The molecule has 7 atom stereocenters. The van der Waals surface area contributed by atoms with Gasteiger partial charge in [-0.15, -0.1) is 0 Å². The second-order valence-corrected chi connectivity index (χ2v) is 19.1. The van der Waals surface area contributed by atoms with Crippen LogP contribution in [-0.2, 0) is 15.9 Å². The number of nitrogens with one attached hydrogen (secondary N) is 1. The van der Waals surface area contributed by atoms with Crippen LogP contribution in [0.15, 0.2) is 48.6 Å². The van der Waals surface area contributed by atoms with Crippen molar-refractivity contribution < 1.29 is 19.0 Å². The maximum Gasteiger partial charge on any atom is 0.260 e. The first kappa shape index (κ1) is 38.9. The summed E-state index contributed by atoms with van der Waals surface area (Å²) in [7, 11) is 1.41. The van der Waals surface area contributed by atoms with Crippen molar-refractivity contribution in [2.75, 3.05) is 64.6 Å². The summed E-state index contributed by atoms with van der Waals surface area (Å²) >= 11 is 6.53. The van der Waals surface area contributed by atoms with E-state index in [1.807, 2.05) is 25.3 Å². The van der Waals surface area contributed by atoms with E-state index in [2.05, 4.69) is 71.5 Å². The molecule has 2 bridgehead atoms. The zero-order valence-corrected chi connectivity index (χ0v) is 34.1. The fraction of sp³-hybridized carbons (Fsp3) is 0.636. The van der Waals surface area contributed by atoms with Crippen molar-refractivity contribution in [3.63, 3.8) is 0 Å². The molecule has 1 amide bonds. The van der Waals surface area contributed by atoms with Gasteiger partial charge in [0.05, 0.1) is 12.3 Å². The third-order valence-corrected chi connectivity index (χ3v) is 15.8. The van der Waals surface area contributed by atoms with Gasteiger partial charge in [-0.2, -0.15) is 0 Å². The Morgan fingerprint density at radius 3 is 2.57 bits per heavy atom. The molecule has 53 heavy (non-hydrogen) atoms. The van der Waals surface area contributed by atoms with E-state index >= 15 is 0 Å². The van der Waals surface area contributed by atoms with Crippen LogP contribution in [0.25, 0.3) is 0 Å². The summed E-state index contributed by atoms with van der Waals surface area (Å²) in [5, 5.41) is 1.00. The van der Waals surface area contributed by atoms with E-state index in [-0.39, 0.29) is 22.7 Å². The average molecular weight is 765 g/mol. The molecule has 4 aliphatic heterocycles. The van der Waals surface area contributed by atoms with Gasteiger partial charge in [0.2, 0.25) is 0 Å². The molecule has 1 aliphatic carbocycles. The van der Waals surface area contributed by atoms with Crippen LogP contribution < -0.4 is 14.4 Å². The summed E-state index contributed by atoms with van der Waals surface area (Å²) in [6.07, 6.45) is 15.0. The summed E-state index contributed by atoms with van der Waals surface area (Å²) in [6.45, 7) is 14.0. The highest BCUT2D eigenvalue weighted by Crippen LogP contribution is 2.48. The molecule has 1 spiro atoms. The molecular weight excluding hydrogens is 702 g/mol. The number of nitrogens with zero attached hydrogens (tertiary/aromatic N) is 2. The second-order valence-electron chi connectivity index (χ2n) is 16.9.